The molecule has 0 aromatic carbocycles. The summed E-state index contributed by atoms with van der Waals surface area (Å²) in [5, 5.41) is 3.90. The lowest BCUT2D eigenvalue weighted by Crippen LogP contribution is -2.43. The number of hydrogen-bond acceptors (Lipinski definition) is 6. The first-order chi connectivity index (χ1) is 9.56. The average molecular weight is 283 g/mol. The normalized spacial score (nSPS) is 23.6. The largest absolute Gasteiger partial charge is 0.468 e. The molecule has 0 heterocycles. The summed E-state index contributed by atoms with van der Waals surface area (Å²) in [6.45, 7) is 4.06. The Hall–Kier alpha value is -1.72. The second kappa shape index (κ2) is 7.77. The second-order valence-corrected chi connectivity index (χ2v) is 4.67. The van der Waals surface area contributed by atoms with Crippen molar-refractivity contribution in [1.82, 2.24) is 0 Å². The molecule has 2 atom stereocenters. The average Bonchev–Trinajstić information content (AvgIpc) is 2.44. The molecular weight excluding hydrogens is 262 g/mol. The van der Waals surface area contributed by atoms with E-state index in [0.717, 1.165) is 6.42 Å². The van der Waals surface area contributed by atoms with Gasteiger partial charge in [0.05, 0.1) is 12.8 Å². The molecule has 0 aliphatic heterocycles. The van der Waals surface area contributed by atoms with Gasteiger partial charge in [-0.1, -0.05) is 18.5 Å². The molecule has 0 aromatic rings. The first-order valence-corrected chi connectivity index (χ1v) is 6.89. The van der Waals surface area contributed by atoms with Gasteiger partial charge in [-0.15, -0.1) is 0 Å². The van der Waals surface area contributed by atoms with E-state index in [9.17, 15) is 14.4 Å². The molecule has 0 unspecified atom stereocenters. The van der Waals surface area contributed by atoms with Gasteiger partial charge in [-0.25, -0.2) is 0 Å². The zero-order chi connectivity index (χ0) is 15.1. The van der Waals surface area contributed by atoms with Crippen LogP contribution in [-0.4, -0.2) is 37.0 Å². The van der Waals surface area contributed by atoms with Crippen molar-refractivity contribution in [2.75, 3.05) is 13.7 Å². The van der Waals surface area contributed by atoms with Crippen molar-refractivity contribution >= 4 is 23.2 Å². The highest BCUT2D eigenvalue weighted by molar-refractivity contribution is 6.25. The highest BCUT2D eigenvalue weighted by Gasteiger charge is 2.43. The third-order valence-electron chi connectivity index (χ3n) is 3.27. The monoisotopic (exact) mass is 283 g/mol. The van der Waals surface area contributed by atoms with Crippen molar-refractivity contribution in [2.24, 2.45) is 17.0 Å². The zero-order valence-electron chi connectivity index (χ0n) is 12.2. The van der Waals surface area contributed by atoms with Gasteiger partial charge >= 0.3 is 5.97 Å². The van der Waals surface area contributed by atoms with E-state index in [1.807, 2.05) is 6.92 Å². The predicted molar refractivity (Wildman–Crippen MR) is 72.2 cm³/mol. The maximum absolute atomic E-state index is 12.4. The molecule has 0 spiro atoms. The molecule has 6 nitrogen and oxygen atoms in total. The van der Waals surface area contributed by atoms with Crippen molar-refractivity contribution < 1.29 is 24.0 Å². The van der Waals surface area contributed by atoms with Crippen LogP contribution in [0, 0.1) is 11.8 Å². The topological polar surface area (TPSA) is 82.0 Å². The Balaban J connectivity index is 3.00. The Morgan fingerprint density at radius 2 is 2.05 bits per heavy atom. The third-order valence-corrected chi connectivity index (χ3v) is 3.27. The van der Waals surface area contributed by atoms with Crippen LogP contribution < -0.4 is 0 Å². The summed E-state index contributed by atoms with van der Waals surface area (Å²) in [5.74, 6) is -3.02. The Labute approximate surface area is 118 Å². The van der Waals surface area contributed by atoms with E-state index in [1.165, 1.54) is 7.11 Å². The lowest BCUT2D eigenvalue weighted by Gasteiger charge is -2.25. The highest BCUT2D eigenvalue weighted by Crippen LogP contribution is 2.26. The lowest BCUT2D eigenvalue weighted by molar-refractivity contribution is -0.152. The molecule has 112 valence electrons. The molecule has 1 saturated carbocycles. The Kier molecular flexibility index (Phi) is 6.35. The second-order valence-electron chi connectivity index (χ2n) is 4.67. The van der Waals surface area contributed by atoms with Gasteiger partial charge in [0.25, 0.3) is 0 Å². The number of rotatable bonds is 6. The molecule has 6 heteroatoms. The van der Waals surface area contributed by atoms with Gasteiger partial charge in [0.1, 0.15) is 24.2 Å². The number of carbonyl (C=O) groups excluding carboxylic acids is 3. The fraction of sp³-hybridized carbons (Fsp3) is 0.714. The van der Waals surface area contributed by atoms with Crippen LogP contribution in [-0.2, 0) is 24.0 Å². The van der Waals surface area contributed by atoms with Crippen LogP contribution in [0.2, 0.25) is 0 Å². The molecular formula is C14H21NO5. The number of nitrogens with zero attached hydrogens (tertiary/aromatic N) is 1. The van der Waals surface area contributed by atoms with Crippen LogP contribution in [0.25, 0.3) is 0 Å². The predicted octanol–water partition coefficient (Wildman–Crippen LogP) is 1.52. The quantitative estimate of drug-likeness (QED) is 0.319. The summed E-state index contributed by atoms with van der Waals surface area (Å²) in [6.07, 6.45) is 1.64. The number of hydrogen-bond donors (Lipinski definition) is 0. The molecule has 0 aromatic heterocycles. The smallest absolute Gasteiger partial charge is 0.316 e. The van der Waals surface area contributed by atoms with Gasteiger partial charge in [0.2, 0.25) is 0 Å². The Morgan fingerprint density at radius 1 is 1.35 bits per heavy atom. The number of oxime groups is 1. The fourth-order valence-electron chi connectivity index (χ4n) is 2.31. The lowest BCUT2D eigenvalue weighted by atomic mass is 9.76. The summed E-state index contributed by atoms with van der Waals surface area (Å²) in [7, 11) is 1.24. The first-order valence-electron chi connectivity index (χ1n) is 6.89. The number of Topliss-reactive ketones (excluding diaryl/α,β-unsaturated/α-hetero) is 2. The van der Waals surface area contributed by atoms with Crippen LogP contribution in [0.5, 0.6) is 0 Å². The first kappa shape index (κ1) is 16.3. The third kappa shape index (κ3) is 3.65. The van der Waals surface area contributed by atoms with E-state index in [4.69, 9.17) is 4.84 Å². The van der Waals surface area contributed by atoms with Crippen molar-refractivity contribution in [3.8, 4) is 0 Å². The molecule has 1 rings (SSSR count). The van der Waals surface area contributed by atoms with Crippen molar-refractivity contribution in [3.05, 3.63) is 0 Å². The van der Waals surface area contributed by atoms with E-state index in [0.29, 0.717) is 18.7 Å². The highest BCUT2D eigenvalue weighted by atomic mass is 16.6. The summed E-state index contributed by atoms with van der Waals surface area (Å²) >= 11 is 0. The van der Waals surface area contributed by atoms with Crippen LogP contribution in [0.3, 0.4) is 0 Å². The van der Waals surface area contributed by atoms with Gasteiger partial charge in [0, 0.05) is 6.42 Å². The molecule has 0 N–H and O–H groups in total. The van der Waals surface area contributed by atoms with Crippen molar-refractivity contribution in [2.45, 2.75) is 39.5 Å². The van der Waals surface area contributed by atoms with E-state index in [1.54, 1.807) is 6.92 Å². The summed E-state index contributed by atoms with van der Waals surface area (Å²) in [4.78, 5) is 41.0. The standard InChI is InChI=1S/C14H21NO5/c1-4-6-10(15-20-5-2)12-11(16)8-7-9(13(12)17)14(18)19-3/h9,12H,4-8H2,1-3H3/b15-10-/t9-,12+/m1/s1. The summed E-state index contributed by atoms with van der Waals surface area (Å²) in [5.41, 5.74) is 0.415. The number of carbonyl (C=O) groups is 3. The van der Waals surface area contributed by atoms with Crippen LogP contribution in [0.1, 0.15) is 39.5 Å². The summed E-state index contributed by atoms with van der Waals surface area (Å²) in [6, 6.07) is 0. The van der Waals surface area contributed by atoms with Gasteiger partial charge in [-0.05, 0) is 19.8 Å². The fourth-order valence-corrected chi connectivity index (χ4v) is 2.31. The van der Waals surface area contributed by atoms with E-state index >= 15 is 0 Å². The van der Waals surface area contributed by atoms with Crippen LogP contribution in [0.15, 0.2) is 5.16 Å². The molecule has 1 fully saturated rings. The minimum Gasteiger partial charge on any atom is -0.468 e. The summed E-state index contributed by atoms with van der Waals surface area (Å²) < 4.78 is 4.62. The van der Waals surface area contributed by atoms with Crippen molar-refractivity contribution in [1.29, 1.82) is 0 Å². The maximum atomic E-state index is 12.4. The SMILES string of the molecule is CCC/C(=N/OCC)[C@H]1C(=O)CC[C@@H](C(=O)OC)C1=O. The number of methoxy groups -OCH3 is 1. The van der Waals surface area contributed by atoms with Crippen LogP contribution in [0.4, 0.5) is 0 Å². The minimum atomic E-state index is -0.959. The molecule has 1 aliphatic rings. The molecule has 20 heavy (non-hydrogen) atoms. The van der Waals surface area contributed by atoms with E-state index < -0.39 is 23.6 Å². The molecule has 1 aliphatic carbocycles. The Morgan fingerprint density at radius 3 is 2.60 bits per heavy atom. The molecule has 0 radical (unpaired) electrons. The van der Waals surface area contributed by atoms with Gasteiger partial charge in [-0.2, -0.15) is 0 Å². The maximum Gasteiger partial charge on any atom is 0.316 e. The van der Waals surface area contributed by atoms with Gasteiger partial charge in [0.15, 0.2) is 5.78 Å². The molecule has 0 saturated heterocycles. The molecule has 0 bridgehead atoms. The number of esters is 1. The van der Waals surface area contributed by atoms with Gasteiger partial charge in [-0.3, -0.25) is 14.4 Å². The zero-order valence-corrected chi connectivity index (χ0v) is 12.2. The number of ether oxygens (including phenoxy) is 1. The molecule has 0 amide bonds. The van der Waals surface area contributed by atoms with Gasteiger partial charge < -0.3 is 9.57 Å². The van der Waals surface area contributed by atoms with Crippen LogP contribution >= 0.6 is 0 Å². The van der Waals surface area contributed by atoms with Crippen molar-refractivity contribution in [3.63, 3.8) is 0 Å². The number of ketones is 2. The van der Waals surface area contributed by atoms with E-state index in [-0.39, 0.29) is 18.6 Å². The Bertz CT molecular complexity index is 416. The van der Waals surface area contributed by atoms with E-state index in [2.05, 4.69) is 9.89 Å². The minimum absolute atomic E-state index is 0.186.